The average Bonchev–Trinajstić information content (AvgIpc) is 2.54. The molecule has 0 unspecified atom stereocenters. The summed E-state index contributed by atoms with van der Waals surface area (Å²) < 4.78 is 0. The summed E-state index contributed by atoms with van der Waals surface area (Å²) in [6.07, 6.45) is 0. The van der Waals surface area contributed by atoms with Gasteiger partial charge < -0.3 is 0 Å². The molecule has 0 aromatic heterocycles. The number of nitrogens with zero attached hydrogens (tertiary/aromatic N) is 2. The molecule has 2 aromatic rings. The Morgan fingerprint density at radius 2 is 1.65 bits per heavy atom. The Morgan fingerprint density at radius 1 is 1.04 bits per heavy atom. The molecule has 0 fully saturated rings. The van der Waals surface area contributed by atoms with Crippen molar-refractivity contribution in [1.82, 2.24) is 5.43 Å². The molecule has 6 nitrogen and oxygen atoms in total. The van der Waals surface area contributed by atoms with Crippen molar-refractivity contribution in [2.75, 3.05) is 0 Å². The molecule has 2 rings (SSSR count). The summed E-state index contributed by atoms with van der Waals surface area (Å²) in [5.41, 5.74) is 6.67. The summed E-state index contributed by atoms with van der Waals surface area (Å²) in [5, 5.41) is 14.7. The van der Waals surface area contributed by atoms with Crippen molar-refractivity contribution in [2.24, 2.45) is 5.10 Å². The van der Waals surface area contributed by atoms with Gasteiger partial charge in [0.15, 0.2) is 0 Å². The number of aryl methyl sites for hydroxylation is 2. The molecule has 23 heavy (non-hydrogen) atoms. The van der Waals surface area contributed by atoms with E-state index in [4.69, 9.17) is 0 Å². The summed E-state index contributed by atoms with van der Waals surface area (Å²) in [5.74, 6) is -0.414. The standard InChI is InChI=1S/C17H17N3O3/c1-11-4-5-15(10-12(11)2)13(3)18-19-17(21)14-6-8-16(9-7-14)20(22)23/h4-10H,1-3H3,(H,19,21)/b18-13+. The van der Waals surface area contributed by atoms with Gasteiger partial charge in [-0.2, -0.15) is 5.10 Å². The molecule has 0 atom stereocenters. The highest BCUT2D eigenvalue weighted by molar-refractivity contribution is 6.01. The number of amides is 1. The first-order chi connectivity index (χ1) is 10.9. The zero-order chi connectivity index (χ0) is 17.0. The van der Waals surface area contributed by atoms with Crippen LogP contribution in [0.4, 0.5) is 5.69 Å². The van der Waals surface area contributed by atoms with Gasteiger partial charge in [0.25, 0.3) is 11.6 Å². The van der Waals surface area contributed by atoms with Crippen molar-refractivity contribution in [3.05, 3.63) is 74.8 Å². The van der Waals surface area contributed by atoms with Gasteiger partial charge in [0, 0.05) is 17.7 Å². The molecule has 0 bridgehead atoms. The number of carbonyl (C=O) groups is 1. The third-order valence-corrected chi connectivity index (χ3v) is 3.59. The van der Waals surface area contributed by atoms with Gasteiger partial charge in [-0.15, -0.1) is 0 Å². The maximum absolute atomic E-state index is 12.0. The van der Waals surface area contributed by atoms with Crippen LogP contribution in [0.25, 0.3) is 0 Å². The predicted octanol–water partition coefficient (Wildman–Crippen LogP) is 3.37. The normalized spacial score (nSPS) is 11.2. The molecule has 0 radical (unpaired) electrons. The molecule has 0 aliphatic rings. The summed E-state index contributed by atoms with van der Waals surface area (Å²) in [6, 6.07) is 11.3. The zero-order valence-corrected chi connectivity index (χ0v) is 13.2. The predicted molar refractivity (Wildman–Crippen MR) is 88.7 cm³/mol. The number of carbonyl (C=O) groups excluding carboxylic acids is 1. The first-order valence-electron chi connectivity index (χ1n) is 7.05. The number of nitro benzene ring substituents is 1. The van der Waals surface area contributed by atoms with E-state index in [1.165, 1.54) is 29.8 Å². The lowest BCUT2D eigenvalue weighted by atomic mass is 10.0. The fourth-order valence-corrected chi connectivity index (χ4v) is 1.96. The fraction of sp³-hybridized carbons (Fsp3) is 0.176. The summed E-state index contributed by atoms with van der Waals surface area (Å²) in [4.78, 5) is 22.1. The van der Waals surface area contributed by atoms with Crippen molar-refractivity contribution in [3.63, 3.8) is 0 Å². The monoisotopic (exact) mass is 311 g/mol. The van der Waals surface area contributed by atoms with Crippen LogP contribution in [0.5, 0.6) is 0 Å². The zero-order valence-electron chi connectivity index (χ0n) is 13.2. The summed E-state index contributed by atoms with van der Waals surface area (Å²) in [7, 11) is 0. The third kappa shape index (κ3) is 4.00. The summed E-state index contributed by atoms with van der Waals surface area (Å²) in [6.45, 7) is 5.85. The second-order valence-corrected chi connectivity index (χ2v) is 5.24. The fourth-order valence-electron chi connectivity index (χ4n) is 1.96. The maximum atomic E-state index is 12.0. The maximum Gasteiger partial charge on any atom is 0.271 e. The molecule has 0 aliphatic carbocycles. The number of hydrazone groups is 1. The molecule has 0 saturated heterocycles. The first kappa shape index (κ1) is 16.4. The van der Waals surface area contributed by atoms with Crippen LogP contribution in [-0.4, -0.2) is 16.5 Å². The van der Waals surface area contributed by atoms with Crippen LogP contribution in [0.2, 0.25) is 0 Å². The Hall–Kier alpha value is -3.02. The lowest BCUT2D eigenvalue weighted by molar-refractivity contribution is -0.384. The molecular weight excluding hydrogens is 294 g/mol. The highest BCUT2D eigenvalue weighted by Gasteiger charge is 2.09. The van der Waals surface area contributed by atoms with Crippen molar-refractivity contribution < 1.29 is 9.72 Å². The number of rotatable bonds is 4. The number of non-ortho nitro benzene ring substituents is 1. The number of benzene rings is 2. The minimum absolute atomic E-state index is 0.0589. The number of hydrogen-bond acceptors (Lipinski definition) is 4. The Labute approximate surface area is 134 Å². The van der Waals surface area contributed by atoms with Gasteiger partial charge in [-0.1, -0.05) is 12.1 Å². The average molecular weight is 311 g/mol. The van der Waals surface area contributed by atoms with E-state index >= 15 is 0 Å². The Bertz CT molecular complexity index is 780. The molecule has 6 heteroatoms. The summed E-state index contributed by atoms with van der Waals surface area (Å²) >= 11 is 0. The van der Waals surface area contributed by atoms with Crippen LogP contribution in [0.1, 0.15) is 34.0 Å². The van der Waals surface area contributed by atoms with E-state index in [-0.39, 0.29) is 5.69 Å². The second-order valence-electron chi connectivity index (χ2n) is 5.24. The van der Waals surface area contributed by atoms with Crippen molar-refractivity contribution >= 4 is 17.3 Å². The largest absolute Gasteiger partial charge is 0.271 e. The minimum atomic E-state index is -0.510. The highest BCUT2D eigenvalue weighted by Crippen LogP contribution is 2.12. The SMILES string of the molecule is C/C(=N\NC(=O)c1ccc([N+](=O)[O-])cc1)c1ccc(C)c(C)c1. The van der Waals surface area contributed by atoms with E-state index in [1.807, 2.05) is 32.0 Å². The van der Waals surface area contributed by atoms with Gasteiger partial charge in [0.05, 0.1) is 10.6 Å². The second kappa shape index (κ2) is 6.83. The third-order valence-electron chi connectivity index (χ3n) is 3.59. The van der Waals surface area contributed by atoms with E-state index in [2.05, 4.69) is 10.5 Å². The van der Waals surface area contributed by atoms with Crippen molar-refractivity contribution in [3.8, 4) is 0 Å². The molecule has 118 valence electrons. The van der Waals surface area contributed by atoms with Gasteiger partial charge in [-0.3, -0.25) is 14.9 Å². The molecular formula is C17H17N3O3. The Balaban J connectivity index is 2.10. The lowest BCUT2D eigenvalue weighted by Gasteiger charge is -2.06. The van der Waals surface area contributed by atoms with Crippen molar-refractivity contribution in [2.45, 2.75) is 20.8 Å². The lowest BCUT2D eigenvalue weighted by Crippen LogP contribution is -2.19. The Morgan fingerprint density at radius 3 is 2.22 bits per heavy atom. The van der Waals surface area contributed by atoms with Gasteiger partial charge in [-0.05, 0) is 55.7 Å². The van der Waals surface area contributed by atoms with E-state index in [9.17, 15) is 14.9 Å². The van der Waals surface area contributed by atoms with Gasteiger partial charge in [0.1, 0.15) is 0 Å². The number of nitrogens with one attached hydrogen (secondary N) is 1. The van der Waals surface area contributed by atoms with Gasteiger partial charge in [0.2, 0.25) is 0 Å². The Kier molecular flexibility index (Phi) is 4.85. The van der Waals surface area contributed by atoms with Crippen LogP contribution < -0.4 is 5.43 Å². The topological polar surface area (TPSA) is 84.6 Å². The molecule has 0 aliphatic heterocycles. The van der Waals surface area contributed by atoms with Crippen LogP contribution in [0, 0.1) is 24.0 Å². The molecule has 1 amide bonds. The van der Waals surface area contributed by atoms with E-state index in [0.29, 0.717) is 11.3 Å². The van der Waals surface area contributed by atoms with E-state index in [1.54, 1.807) is 6.92 Å². The van der Waals surface area contributed by atoms with Gasteiger partial charge >= 0.3 is 0 Å². The minimum Gasteiger partial charge on any atom is -0.267 e. The highest BCUT2D eigenvalue weighted by atomic mass is 16.6. The first-order valence-corrected chi connectivity index (χ1v) is 7.05. The van der Waals surface area contributed by atoms with Crippen LogP contribution >= 0.6 is 0 Å². The molecule has 1 N–H and O–H groups in total. The molecule has 0 spiro atoms. The molecule has 2 aromatic carbocycles. The number of nitro groups is 1. The van der Waals surface area contributed by atoms with Crippen LogP contribution in [0.3, 0.4) is 0 Å². The van der Waals surface area contributed by atoms with Crippen molar-refractivity contribution in [1.29, 1.82) is 0 Å². The molecule has 0 saturated carbocycles. The van der Waals surface area contributed by atoms with Crippen LogP contribution in [-0.2, 0) is 0 Å². The quantitative estimate of drug-likeness (QED) is 0.533. The smallest absolute Gasteiger partial charge is 0.267 e. The van der Waals surface area contributed by atoms with Gasteiger partial charge in [-0.25, -0.2) is 5.43 Å². The molecule has 0 heterocycles. The van der Waals surface area contributed by atoms with Crippen LogP contribution in [0.15, 0.2) is 47.6 Å². The van der Waals surface area contributed by atoms with E-state index < -0.39 is 10.8 Å². The number of hydrogen-bond donors (Lipinski definition) is 1. The van der Waals surface area contributed by atoms with E-state index in [0.717, 1.165) is 11.1 Å².